The second-order valence-electron chi connectivity index (χ2n) is 16.5. The number of rotatable bonds is 8. The summed E-state index contributed by atoms with van der Waals surface area (Å²) in [6.07, 6.45) is 0. The van der Waals surface area contributed by atoms with E-state index in [2.05, 4.69) is 264 Å². The summed E-state index contributed by atoms with van der Waals surface area (Å²) in [5.41, 5.74) is 16.5. The van der Waals surface area contributed by atoms with Crippen LogP contribution in [0.4, 0.5) is 17.1 Å². The molecule has 0 amide bonds. The van der Waals surface area contributed by atoms with Gasteiger partial charge in [0.1, 0.15) is 0 Å². The topological polar surface area (TPSA) is 8.17 Å². The fraction of sp³-hybridized carbons (Fsp3) is 0. The molecule has 0 radical (unpaired) electrons. The smallest absolute Gasteiger partial charge is 0.0541 e. The zero-order valence-corrected chi connectivity index (χ0v) is 35.1. The minimum Gasteiger partial charge on any atom is -0.311 e. The molecule has 0 aliphatic carbocycles. The van der Waals surface area contributed by atoms with Gasteiger partial charge in [0.05, 0.1) is 11.0 Å². The van der Waals surface area contributed by atoms with Crippen molar-refractivity contribution in [2.75, 3.05) is 4.90 Å². The van der Waals surface area contributed by atoms with E-state index in [0.717, 1.165) is 22.7 Å². The van der Waals surface area contributed by atoms with E-state index < -0.39 is 0 Å². The highest BCUT2D eigenvalue weighted by Crippen LogP contribution is 2.45. The summed E-state index contributed by atoms with van der Waals surface area (Å²) >= 11 is 0. The molecule has 64 heavy (non-hydrogen) atoms. The van der Waals surface area contributed by atoms with Crippen molar-refractivity contribution in [3.05, 3.63) is 255 Å². The molecule has 2 nitrogen and oxygen atoms in total. The normalized spacial score (nSPS) is 11.4. The Morgan fingerprint density at radius 1 is 0.234 bits per heavy atom. The summed E-state index contributed by atoms with van der Waals surface area (Å²) in [5.74, 6) is 0. The lowest BCUT2D eigenvalue weighted by molar-refractivity contribution is 1.17. The third-order valence-corrected chi connectivity index (χ3v) is 12.8. The number of aromatic nitrogens is 1. The summed E-state index contributed by atoms with van der Waals surface area (Å²) in [6, 6.07) is 92.6. The predicted molar refractivity (Wildman–Crippen MR) is 272 cm³/mol. The fourth-order valence-corrected chi connectivity index (χ4v) is 9.82. The SMILES string of the molecule is c1ccc(-c2ccc(N(c3ccc(-c4ccc5c(-c6ccccc6)c6ccccc6c(-c6ccccc6)c5c4)cc3)c3ccc(-n4c5ccccc5c5ccccc54)cc3)cc2)cc1. The van der Waals surface area contributed by atoms with E-state index in [1.165, 1.54) is 87.9 Å². The molecule has 0 aliphatic heterocycles. The average molecular weight is 815 g/mol. The van der Waals surface area contributed by atoms with Crippen LogP contribution in [0.15, 0.2) is 255 Å². The number of hydrogen-bond acceptors (Lipinski definition) is 1. The second kappa shape index (κ2) is 15.8. The Balaban J connectivity index is 0.977. The maximum absolute atomic E-state index is 2.40. The Kier molecular flexibility index (Phi) is 9.20. The van der Waals surface area contributed by atoms with Gasteiger partial charge in [0, 0.05) is 33.5 Å². The third kappa shape index (κ3) is 6.44. The predicted octanol–water partition coefficient (Wildman–Crippen LogP) is 17.2. The van der Waals surface area contributed by atoms with Crippen molar-refractivity contribution in [3.63, 3.8) is 0 Å². The Hall–Kier alpha value is -8.46. The molecule has 0 unspecified atom stereocenters. The summed E-state index contributed by atoms with van der Waals surface area (Å²) in [7, 11) is 0. The van der Waals surface area contributed by atoms with Crippen LogP contribution in [0.3, 0.4) is 0 Å². The van der Waals surface area contributed by atoms with Gasteiger partial charge in [-0.15, -0.1) is 0 Å². The molecule has 0 bridgehead atoms. The van der Waals surface area contributed by atoms with Crippen molar-refractivity contribution in [1.29, 1.82) is 0 Å². The molecule has 1 aromatic heterocycles. The molecule has 11 aromatic carbocycles. The van der Waals surface area contributed by atoms with E-state index in [-0.39, 0.29) is 0 Å². The van der Waals surface area contributed by atoms with Gasteiger partial charge in [-0.25, -0.2) is 0 Å². The van der Waals surface area contributed by atoms with E-state index in [4.69, 9.17) is 0 Å². The largest absolute Gasteiger partial charge is 0.311 e. The van der Waals surface area contributed by atoms with Gasteiger partial charge in [-0.05, 0) is 133 Å². The van der Waals surface area contributed by atoms with Crippen molar-refractivity contribution in [2.45, 2.75) is 0 Å². The fourth-order valence-electron chi connectivity index (χ4n) is 9.82. The van der Waals surface area contributed by atoms with E-state index in [9.17, 15) is 0 Å². The first-order valence-corrected chi connectivity index (χ1v) is 22.0. The Morgan fingerprint density at radius 2 is 0.578 bits per heavy atom. The highest BCUT2D eigenvalue weighted by Gasteiger charge is 2.19. The maximum Gasteiger partial charge on any atom is 0.0541 e. The van der Waals surface area contributed by atoms with Gasteiger partial charge >= 0.3 is 0 Å². The lowest BCUT2D eigenvalue weighted by atomic mass is 9.85. The molecular formula is C62H42N2. The summed E-state index contributed by atoms with van der Waals surface area (Å²) in [4.78, 5) is 2.36. The van der Waals surface area contributed by atoms with Gasteiger partial charge in [-0.1, -0.05) is 188 Å². The average Bonchev–Trinajstić information content (AvgIpc) is 3.71. The number of benzene rings is 11. The van der Waals surface area contributed by atoms with Gasteiger partial charge in [0.15, 0.2) is 0 Å². The van der Waals surface area contributed by atoms with E-state index >= 15 is 0 Å². The summed E-state index contributed by atoms with van der Waals surface area (Å²) < 4.78 is 2.38. The summed E-state index contributed by atoms with van der Waals surface area (Å²) in [5, 5.41) is 7.53. The second-order valence-corrected chi connectivity index (χ2v) is 16.5. The molecule has 0 fully saturated rings. The van der Waals surface area contributed by atoms with E-state index in [1.54, 1.807) is 0 Å². The van der Waals surface area contributed by atoms with Crippen molar-refractivity contribution in [1.82, 2.24) is 4.57 Å². The minimum atomic E-state index is 1.09. The number of hydrogen-bond donors (Lipinski definition) is 0. The van der Waals surface area contributed by atoms with Gasteiger partial charge < -0.3 is 9.47 Å². The molecule has 0 saturated heterocycles. The quantitative estimate of drug-likeness (QED) is 0.139. The molecule has 300 valence electrons. The maximum atomic E-state index is 2.40. The molecule has 0 aliphatic rings. The van der Waals surface area contributed by atoms with Crippen LogP contribution in [0.1, 0.15) is 0 Å². The van der Waals surface area contributed by atoms with Crippen molar-refractivity contribution in [3.8, 4) is 50.2 Å². The molecule has 1 heterocycles. The molecule has 12 aromatic rings. The molecule has 0 saturated carbocycles. The van der Waals surface area contributed by atoms with Crippen LogP contribution < -0.4 is 4.90 Å². The minimum absolute atomic E-state index is 1.09. The Bertz CT molecular complexity index is 3560. The van der Waals surface area contributed by atoms with Crippen molar-refractivity contribution >= 4 is 60.4 Å². The number of fused-ring (bicyclic) bond motifs is 5. The van der Waals surface area contributed by atoms with Crippen LogP contribution in [0, 0.1) is 0 Å². The monoisotopic (exact) mass is 814 g/mol. The number of para-hydroxylation sites is 2. The lowest BCUT2D eigenvalue weighted by Crippen LogP contribution is -2.10. The van der Waals surface area contributed by atoms with Crippen LogP contribution in [0.5, 0.6) is 0 Å². The van der Waals surface area contributed by atoms with Crippen molar-refractivity contribution in [2.24, 2.45) is 0 Å². The number of nitrogens with zero attached hydrogens (tertiary/aromatic N) is 2. The first-order chi connectivity index (χ1) is 31.8. The van der Waals surface area contributed by atoms with Gasteiger partial charge in [0.2, 0.25) is 0 Å². The Morgan fingerprint density at radius 3 is 1.08 bits per heavy atom. The Labute approximate surface area is 373 Å². The lowest BCUT2D eigenvalue weighted by Gasteiger charge is -2.26. The molecule has 2 heteroatoms. The van der Waals surface area contributed by atoms with Crippen LogP contribution in [-0.2, 0) is 0 Å². The molecule has 0 N–H and O–H groups in total. The molecule has 0 atom stereocenters. The standard InChI is InChI=1S/C62H42N2/c1-4-16-43(17-5-1)44-28-33-49(34-29-44)63(51-37-39-52(40-38-51)64-59-26-14-12-22-53(59)54-23-13-15-27-60(54)64)50-35-30-45(31-36-50)48-32-41-57-58(42-48)62(47-20-8-3-9-21-47)56-25-11-10-24-55(56)61(57)46-18-6-2-7-19-46/h1-42H. The highest BCUT2D eigenvalue weighted by molar-refractivity contribution is 6.22. The summed E-state index contributed by atoms with van der Waals surface area (Å²) in [6.45, 7) is 0. The van der Waals surface area contributed by atoms with Crippen LogP contribution >= 0.6 is 0 Å². The first-order valence-electron chi connectivity index (χ1n) is 22.0. The highest BCUT2D eigenvalue weighted by atomic mass is 15.1. The van der Waals surface area contributed by atoms with E-state index in [1.807, 2.05) is 0 Å². The van der Waals surface area contributed by atoms with Crippen LogP contribution in [0.25, 0.3) is 93.5 Å². The molecular weight excluding hydrogens is 773 g/mol. The van der Waals surface area contributed by atoms with Crippen LogP contribution in [-0.4, -0.2) is 4.57 Å². The zero-order valence-electron chi connectivity index (χ0n) is 35.1. The van der Waals surface area contributed by atoms with Crippen molar-refractivity contribution < 1.29 is 0 Å². The molecule has 0 spiro atoms. The number of anilines is 3. The van der Waals surface area contributed by atoms with E-state index in [0.29, 0.717) is 0 Å². The molecule has 12 rings (SSSR count). The van der Waals surface area contributed by atoms with Gasteiger partial charge in [-0.3, -0.25) is 0 Å². The third-order valence-electron chi connectivity index (χ3n) is 12.8. The first kappa shape index (κ1) is 37.3. The van der Waals surface area contributed by atoms with Gasteiger partial charge in [0.25, 0.3) is 0 Å². The van der Waals surface area contributed by atoms with Crippen LogP contribution in [0.2, 0.25) is 0 Å². The van der Waals surface area contributed by atoms with Gasteiger partial charge in [-0.2, -0.15) is 0 Å². The zero-order chi connectivity index (χ0) is 42.4.